The Morgan fingerprint density at radius 1 is 1.14 bits per heavy atom. The average Bonchev–Trinajstić information content (AvgIpc) is 2.54. The van der Waals surface area contributed by atoms with Gasteiger partial charge in [-0.3, -0.25) is 0 Å². The van der Waals surface area contributed by atoms with Gasteiger partial charge in [-0.25, -0.2) is 4.98 Å². The van der Waals surface area contributed by atoms with Gasteiger partial charge in [-0.15, -0.1) is 0 Å². The normalized spacial score (nSPS) is 13.3. The minimum Gasteiger partial charge on any atom is -0.365 e. The maximum atomic E-state index is 9.53. The molecule has 0 unspecified atom stereocenters. The Labute approximate surface area is 125 Å². The lowest BCUT2D eigenvalue weighted by Crippen LogP contribution is -2.13. The van der Waals surface area contributed by atoms with Crippen LogP contribution in [0, 0.1) is 18.3 Å². The van der Waals surface area contributed by atoms with Gasteiger partial charge in [0.1, 0.15) is 11.9 Å². The molecular formula is C18H19N3. The van der Waals surface area contributed by atoms with Gasteiger partial charge in [-0.2, -0.15) is 5.26 Å². The van der Waals surface area contributed by atoms with Crippen molar-refractivity contribution >= 4 is 5.82 Å². The minimum atomic E-state index is 0.695. The number of hydrogen-bond acceptors (Lipinski definition) is 3. The third kappa shape index (κ3) is 2.75. The van der Waals surface area contributed by atoms with Gasteiger partial charge < -0.3 is 5.32 Å². The number of aromatic nitrogens is 1. The first-order valence-corrected chi connectivity index (χ1v) is 7.50. The predicted molar refractivity (Wildman–Crippen MR) is 84.1 cm³/mol. The van der Waals surface area contributed by atoms with E-state index >= 15 is 0 Å². The number of hydrogen-bond donors (Lipinski definition) is 1. The molecule has 0 bridgehead atoms. The van der Waals surface area contributed by atoms with E-state index in [1.807, 2.05) is 18.2 Å². The van der Waals surface area contributed by atoms with Gasteiger partial charge in [0.2, 0.25) is 0 Å². The molecule has 1 aromatic carbocycles. The highest BCUT2D eigenvalue weighted by atomic mass is 15.0. The van der Waals surface area contributed by atoms with Crippen LogP contribution in [0.3, 0.4) is 0 Å². The first-order chi connectivity index (χ1) is 10.3. The Morgan fingerprint density at radius 2 is 1.86 bits per heavy atom. The quantitative estimate of drug-likeness (QED) is 0.929. The number of benzene rings is 1. The molecule has 1 heterocycles. The van der Waals surface area contributed by atoms with Gasteiger partial charge in [0.15, 0.2) is 0 Å². The number of nitrogens with zero attached hydrogens (tertiary/aromatic N) is 2. The number of anilines is 1. The molecule has 0 aliphatic heterocycles. The van der Waals surface area contributed by atoms with E-state index in [1.165, 1.54) is 29.5 Å². The zero-order chi connectivity index (χ0) is 14.7. The van der Waals surface area contributed by atoms with Gasteiger partial charge in [0.25, 0.3) is 0 Å². The summed E-state index contributed by atoms with van der Waals surface area (Å²) in [5, 5.41) is 12.9. The molecule has 0 fully saturated rings. The summed E-state index contributed by atoms with van der Waals surface area (Å²) >= 11 is 0. The van der Waals surface area contributed by atoms with Crippen LogP contribution in [-0.2, 0) is 19.4 Å². The molecule has 3 nitrogen and oxygen atoms in total. The van der Waals surface area contributed by atoms with Crippen molar-refractivity contribution in [2.24, 2.45) is 0 Å². The molecule has 0 atom stereocenters. The van der Waals surface area contributed by atoms with Crippen LogP contribution in [0.4, 0.5) is 5.82 Å². The van der Waals surface area contributed by atoms with E-state index in [9.17, 15) is 5.26 Å². The Balaban J connectivity index is 1.92. The van der Waals surface area contributed by atoms with E-state index < -0.39 is 0 Å². The predicted octanol–water partition coefficient (Wildman–Crippen LogP) is 3.75. The Hall–Kier alpha value is -2.34. The Bertz CT molecular complexity index is 684. The maximum Gasteiger partial charge on any atom is 0.144 e. The smallest absolute Gasteiger partial charge is 0.144 e. The highest BCUT2D eigenvalue weighted by molar-refractivity contribution is 5.60. The fraction of sp³-hybridized carbons (Fsp3) is 0.333. The van der Waals surface area contributed by atoms with Gasteiger partial charge in [-0.05, 0) is 49.3 Å². The lowest BCUT2D eigenvalue weighted by Gasteiger charge is -2.21. The third-order valence-electron chi connectivity index (χ3n) is 4.14. The molecular weight excluding hydrogens is 258 g/mol. The van der Waals surface area contributed by atoms with Gasteiger partial charge in [-0.1, -0.05) is 30.3 Å². The molecule has 21 heavy (non-hydrogen) atoms. The molecule has 106 valence electrons. The zero-order valence-corrected chi connectivity index (χ0v) is 12.3. The second-order valence-corrected chi connectivity index (χ2v) is 5.54. The van der Waals surface area contributed by atoms with Gasteiger partial charge >= 0.3 is 0 Å². The summed E-state index contributed by atoms with van der Waals surface area (Å²) in [5.41, 5.74) is 5.51. The van der Waals surface area contributed by atoms with Crippen LogP contribution in [-0.4, -0.2) is 4.98 Å². The minimum absolute atomic E-state index is 0.695. The molecule has 1 aromatic heterocycles. The van der Waals surface area contributed by atoms with E-state index in [2.05, 4.69) is 35.4 Å². The first-order valence-electron chi connectivity index (χ1n) is 7.50. The van der Waals surface area contributed by atoms with Crippen LogP contribution in [0.5, 0.6) is 0 Å². The molecule has 1 aliphatic carbocycles. The fourth-order valence-electron chi connectivity index (χ4n) is 3.04. The second kappa shape index (κ2) is 5.97. The first kappa shape index (κ1) is 13.6. The van der Waals surface area contributed by atoms with Crippen LogP contribution in [0.25, 0.3) is 0 Å². The van der Waals surface area contributed by atoms with E-state index in [0.717, 1.165) is 29.9 Å². The molecule has 0 saturated heterocycles. The van der Waals surface area contributed by atoms with Gasteiger partial charge in [0, 0.05) is 12.2 Å². The van der Waals surface area contributed by atoms with Crippen LogP contribution in [0.15, 0.2) is 30.3 Å². The second-order valence-electron chi connectivity index (χ2n) is 5.54. The summed E-state index contributed by atoms with van der Waals surface area (Å²) in [6, 6.07) is 12.6. The maximum absolute atomic E-state index is 9.53. The molecule has 1 aliphatic rings. The van der Waals surface area contributed by atoms with Crippen LogP contribution >= 0.6 is 0 Å². The number of rotatable bonds is 3. The van der Waals surface area contributed by atoms with Crippen molar-refractivity contribution in [2.75, 3.05) is 5.32 Å². The highest BCUT2D eigenvalue weighted by Gasteiger charge is 2.20. The van der Waals surface area contributed by atoms with Crippen molar-refractivity contribution in [3.8, 4) is 6.07 Å². The lowest BCUT2D eigenvalue weighted by molar-refractivity contribution is 0.675. The standard InChI is InChI=1S/C18H19N3/c1-13-15-9-5-6-10-16(15)17(11-19)18(21-13)20-12-14-7-3-2-4-8-14/h2-4,7-8H,5-6,9-10,12H2,1H3,(H,20,21). The summed E-state index contributed by atoms with van der Waals surface area (Å²) in [5.74, 6) is 0.736. The van der Waals surface area contributed by atoms with Gasteiger partial charge in [0.05, 0.1) is 5.56 Å². The Kier molecular flexibility index (Phi) is 3.87. The van der Waals surface area contributed by atoms with Crippen molar-refractivity contribution in [1.29, 1.82) is 5.26 Å². The largest absolute Gasteiger partial charge is 0.365 e. The topological polar surface area (TPSA) is 48.7 Å². The van der Waals surface area contributed by atoms with Crippen molar-refractivity contribution < 1.29 is 0 Å². The summed E-state index contributed by atoms with van der Waals surface area (Å²) in [4.78, 5) is 4.64. The number of nitrogens with one attached hydrogen (secondary N) is 1. The number of aryl methyl sites for hydroxylation is 1. The summed E-state index contributed by atoms with van der Waals surface area (Å²) in [6.45, 7) is 2.75. The Morgan fingerprint density at radius 3 is 2.57 bits per heavy atom. The lowest BCUT2D eigenvalue weighted by atomic mass is 9.88. The number of nitriles is 1. The molecule has 0 spiro atoms. The van der Waals surface area contributed by atoms with E-state index in [1.54, 1.807) is 0 Å². The number of fused-ring (bicyclic) bond motifs is 1. The zero-order valence-electron chi connectivity index (χ0n) is 12.3. The summed E-state index contributed by atoms with van der Waals surface area (Å²) in [6.07, 6.45) is 4.43. The molecule has 0 amide bonds. The highest BCUT2D eigenvalue weighted by Crippen LogP contribution is 2.30. The summed E-state index contributed by atoms with van der Waals surface area (Å²) in [7, 11) is 0. The van der Waals surface area contributed by atoms with Crippen molar-refractivity contribution in [1.82, 2.24) is 4.98 Å². The molecule has 1 N–H and O–H groups in total. The molecule has 2 aromatic rings. The monoisotopic (exact) mass is 277 g/mol. The fourth-order valence-corrected chi connectivity index (χ4v) is 3.04. The van der Waals surface area contributed by atoms with Crippen molar-refractivity contribution in [3.05, 3.63) is 58.3 Å². The summed E-state index contributed by atoms with van der Waals surface area (Å²) < 4.78 is 0. The van der Waals surface area contributed by atoms with Crippen LogP contribution in [0.2, 0.25) is 0 Å². The third-order valence-corrected chi connectivity index (χ3v) is 4.14. The van der Waals surface area contributed by atoms with E-state index in [0.29, 0.717) is 6.54 Å². The molecule has 3 heteroatoms. The molecule has 0 saturated carbocycles. The average molecular weight is 277 g/mol. The van der Waals surface area contributed by atoms with E-state index in [4.69, 9.17) is 0 Å². The SMILES string of the molecule is Cc1nc(NCc2ccccc2)c(C#N)c2c1CCCC2. The van der Waals surface area contributed by atoms with E-state index in [-0.39, 0.29) is 0 Å². The molecule has 3 rings (SSSR count). The van der Waals surface area contributed by atoms with Crippen molar-refractivity contribution in [3.63, 3.8) is 0 Å². The molecule has 0 radical (unpaired) electrons. The van der Waals surface area contributed by atoms with Crippen molar-refractivity contribution in [2.45, 2.75) is 39.2 Å². The number of pyridine rings is 1. The van der Waals surface area contributed by atoms with Crippen LogP contribution in [0.1, 0.15) is 40.8 Å². The van der Waals surface area contributed by atoms with Crippen LogP contribution < -0.4 is 5.32 Å².